The molecule has 1 saturated heterocycles. The molecule has 1 aliphatic carbocycles. The molecule has 3 amide bonds. The molecule has 0 N–H and O–H groups in total. The minimum Gasteiger partial charge on any atom is -0.337 e. The Labute approximate surface area is 153 Å². The lowest BCUT2D eigenvalue weighted by molar-refractivity contribution is -0.146. The van der Waals surface area contributed by atoms with Crippen LogP contribution >= 0.6 is 0 Å². The molecule has 0 saturated carbocycles. The average molecular weight is 350 g/mol. The smallest absolute Gasteiger partial charge is 0.243 e. The van der Waals surface area contributed by atoms with E-state index in [0.29, 0.717) is 25.9 Å². The number of allylic oxidation sites excluding steroid dienone is 2. The highest BCUT2D eigenvalue weighted by Crippen LogP contribution is 2.35. The summed E-state index contributed by atoms with van der Waals surface area (Å²) in [5.41, 5.74) is 2.42. The molecule has 1 fully saturated rings. The van der Waals surface area contributed by atoms with Crippen molar-refractivity contribution < 1.29 is 14.4 Å². The van der Waals surface area contributed by atoms with Crippen LogP contribution in [0, 0.1) is 11.8 Å². The Hall–Kier alpha value is -2.69. The normalized spacial score (nSPS) is 25.3. The van der Waals surface area contributed by atoms with Crippen LogP contribution in [0.3, 0.4) is 0 Å². The lowest BCUT2D eigenvalue weighted by atomic mass is 9.85. The molecule has 0 aromatic heterocycles. The minimum atomic E-state index is -0.272. The van der Waals surface area contributed by atoms with Crippen LogP contribution in [0.25, 0.3) is 5.57 Å². The van der Waals surface area contributed by atoms with Crippen LogP contribution in [0.1, 0.15) is 24.8 Å². The van der Waals surface area contributed by atoms with Gasteiger partial charge in [-0.3, -0.25) is 19.3 Å². The van der Waals surface area contributed by atoms with Crippen molar-refractivity contribution in [3.63, 3.8) is 0 Å². The topological polar surface area (TPSA) is 57.7 Å². The van der Waals surface area contributed by atoms with E-state index in [1.54, 1.807) is 4.90 Å². The Balaban J connectivity index is 1.40. The van der Waals surface area contributed by atoms with Gasteiger partial charge in [-0.2, -0.15) is 0 Å². The number of benzene rings is 1. The first kappa shape index (κ1) is 16.8. The quantitative estimate of drug-likeness (QED) is 0.621. The maximum Gasteiger partial charge on any atom is 0.243 e. The van der Waals surface area contributed by atoms with Gasteiger partial charge in [-0.1, -0.05) is 48.6 Å². The molecule has 134 valence electrons. The van der Waals surface area contributed by atoms with E-state index < -0.39 is 0 Å². The van der Waals surface area contributed by atoms with Crippen LogP contribution in [-0.4, -0.2) is 47.2 Å². The van der Waals surface area contributed by atoms with E-state index in [4.69, 9.17) is 0 Å². The highest BCUT2D eigenvalue weighted by atomic mass is 16.2. The van der Waals surface area contributed by atoms with Crippen molar-refractivity contribution in [1.82, 2.24) is 9.80 Å². The monoisotopic (exact) mass is 350 g/mol. The van der Waals surface area contributed by atoms with Gasteiger partial charge in [0.25, 0.3) is 0 Å². The number of likely N-dealkylation sites (tertiary alicyclic amines) is 1. The van der Waals surface area contributed by atoms with Crippen molar-refractivity contribution in [3.05, 3.63) is 54.1 Å². The highest BCUT2D eigenvalue weighted by molar-refractivity contribution is 6.07. The Bertz CT molecular complexity index is 771. The number of fused-ring (bicyclic) bond motifs is 1. The van der Waals surface area contributed by atoms with E-state index in [1.165, 1.54) is 16.0 Å². The molecule has 0 spiro atoms. The van der Waals surface area contributed by atoms with Crippen molar-refractivity contribution in [3.8, 4) is 0 Å². The second-order valence-electron chi connectivity index (χ2n) is 7.10. The molecule has 0 bridgehead atoms. The molecule has 2 aliphatic heterocycles. The number of imide groups is 1. The summed E-state index contributed by atoms with van der Waals surface area (Å²) in [6, 6.07) is 10.1. The first-order valence-corrected chi connectivity index (χ1v) is 9.17. The third-order valence-corrected chi connectivity index (χ3v) is 5.60. The average Bonchev–Trinajstić information content (AvgIpc) is 2.94. The number of carbonyl (C=O) groups is 3. The first-order chi connectivity index (χ1) is 12.6. The summed E-state index contributed by atoms with van der Waals surface area (Å²) < 4.78 is 0. The van der Waals surface area contributed by atoms with Crippen LogP contribution in [0.2, 0.25) is 0 Å². The Morgan fingerprint density at radius 3 is 2.23 bits per heavy atom. The number of hydrogen-bond acceptors (Lipinski definition) is 3. The third kappa shape index (κ3) is 2.98. The van der Waals surface area contributed by atoms with Crippen molar-refractivity contribution in [2.75, 3.05) is 19.6 Å². The van der Waals surface area contributed by atoms with Gasteiger partial charge in [-0.25, -0.2) is 0 Å². The summed E-state index contributed by atoms with van der Waals surface area (Å²) in [6.07, 6.45) is 7.97. The molecule has 0 radical (unpaired) electrons. The summed E-state index contributed by atoms with van der Waals surface area (Å²) >= 11 is 0. The van der Waals surface area contributed by atoms with Gasteiger partial charge in [0.15, 0.2) is 0 Å². The number of hydrogen-bond donors (Lipinski definition) is 0. The van der Waals surface area contributed by atoms with Gasteiger partial charge >= 0.3 is 0 Å². The number of rotatable bonds is 3. The molecule has 2 atom stereocenters. The maximum absolute atomic E-state index is 12.6. The van der Waals surface area contributed by atoms with E-state index in [9.17, 15) is 14.4 Å². The van der Waals surface area contributed by atoms with Crippen LogP contribution < -0.4 is 0 Å². The SMILES string of the molecule is O=C(CN1C(=O)[C@@H]2CC=CC[C@H]2C1=O)N1CC=C(c2ccccc2)CC1. The molecule has 1 aromatic rings. The zero-order valence-electron chi connectivity index (χ0n) is 14.6. The summed E-state index contributed by atoms with van der Waals surface area (Å²) in [5.74, 6) is -1.07. The van der Waals surface area contributed by atoms with Gasteiger partial charge in [0.2, 0.25) is 17.7 Å². The fraction of sp³-hybridized carbons (Fsp3) is 0.381. The first-order valence-electron chi connectivity index (χ1n) is 9.17. The molecule has 1 aromatic carbocycles. The largest absolute Gasteiger partial charge is 0.337 e. The summed E-state index contributed by atoms with van der Waals surface area (Å²) in [4.78, 5) is 40.5. The van der Waals surface area contributed by atoms with E-state index in [-0.39, 0.29) is 36.1 Å². The fourth-order valence-corrected chi connectivity index (χ4v) is 4.07. The standard InChI is InChI=1S/C21H22N2O3/c24-19(14-23-20(25)17-8-4-5-9-18(17)21(23)26)22-12-10-16(11-13-22)15-6-2-1-3-7-15/h1-7,10,17-18H,8-9,11-14H2/t17-,18-/m1/s1. The zero-order chi connectivity index (χ0) is 18.1. The molecular weight excluding hydrogens is 328 g/mol. The van der Waals surface area contributed by atoms with Gasteiger partial charge in [0.1, 0.15) is 6.54 Å². The van der Waals surface area contributed by atoms with E-state index >= 15 is 0 Å². The predicted octanol–water partition coefficient (Wildman–Crippen LogP) is 2.25. The van der Waals surface area contributed by atoms with Crippen LogP contribution in [0.15, 0.2) is 48.6 Å². The summed E-state index contributed by atoms with van der Waals surface area (Å²) in [6.45, 7) is 1.01. The molecular formula is C21H22N2O3. The molecule has 5 nitrogen and oxygen atoms in total. The highest BCUT2D eigenvalue weighted by Gasteiger charge is 2.47. The van der Waals surface area contributed by atoms with Gasteiger partial charge in [0.05, 0.1) is 11.8 Å². The number of amides is 3. The zero-order valence-corrected chi connectivity index (χ0v) is 14.6. The van der Waals surface area contributed by atoms with Crippen molar-refractivity contribution in [1.29, 1.82) is 0 Å². The van der Waals surface area contributed by atoms with E-state index in [1.807, 2.05) is 30.4 Å². The molecule has 5 heteroatoms. The minimum absolute atomic E-state index is 0.126. The van der Waals surface area contributed by atoms with Gasteiger partial charge in [-0.05, 0) is 30.4 Å². The van der Waals surface area contributed by atoms with Gasteiger partial charge in [0, 0.05) is 13.1 Å². The lowest BCUT2D eigenvalue weighted by Gasteiger charge is -2.28. The van der Waals surface area contributed by atoms with Crippen molar-refractivity contribution in [2.45, 2.75) is 19.3 Å². The second-order valence-corrected chi connectivity index (χ2v) is 7.10. The molecule has 3 aliphatic rings. The molecule has 0 unspecified atom stereocenters. The fourth-order valence-electron chi connectivity index (χ4n) is 4.07. The Morgan fingerprint density at radius 2 is 1.65 bits per heavy atom. The second kappa shape index (κ2) is 6.90. The lowest BCUT2D eigenvalue weighted by Crippen LogP contribution is -2.44. The number of carbonyl (C=O) groups excluding carboxylic acids is 3. The predicted molar refractivity (Wildman–Crippen MR) is 97.7 cm³/mol. The molecule has 4 rings (SSSR count). The summed E-state index contributed by atoms with van der Waals surface area (Å²) in [5, 5.41) is 0. The van der Waals surface area contributed by atoms with Crippen molar-refractivity contribution in [2.24, 2.45) is 11.8 Å². The molecule has 2 heterocycles. The van der Waals surface area contributed by atoms with Gasteiger partial charge < -0.3 is 4.90 Å². The van der Waals surface area contributed by atoms with Crippen LogP contribution in [-0.2, 0) is 14.4 Å². The van der Waals surface area contributed by atoms with E-state index in [0.717, 1.165) is 6.42 Å². The maximum atomic E-state index is 12.6. The summed E-state index contributed by atoms with van der Waals surface area (Å²) in [7, 11) is 0. The third-order valence-electron chi connectivity index (χ3n) is 5.60. The van der Waals surface area contributed by atoms with Crippen LogP contribution in [0.5, 0.6) is 0 Å². The van der Waals surface area contributed by atoms with Crippen molar-refractivity contribution >= 4 is 23.3 Å². The number of nitrogens with zero attached hydrogens (tertiary/aromatic N) is 2. The Kier molecular flexibility index (Phi) is 4.45. The van der Waals surface area contributed by atoms with E-state index in [2.05, 4.69) is 18.2 Å². The van der Waals surface area contributed by atoms with Gasteiger partial charge in [-0.15, -0.1) is 0 Å². The molecule has 26 heavy (non-hydrogen) atoms. The Morgan fingerprint density at radius 1 is 1.00 bits per heavy atom. The van der Waals surface area contributed by atoms with Crippen LogP contribution in [0.4, 0.5) is 0 Å².